The van der Waals surface area contributed by atoms with E-state index >= 15 is 0 Å². The molecule has 8 heteroatoms. The van der Waals surface area contributed by atoms with E-state index in [0.29, 0.717) is 6.54 Å². The molecule has 1 amide bonds. The molecule has 3 heterocycles. The number of carbonyl (C=O) groups excluding carboxylic acids is 1. The summed E-state index contributed by atoms with van der Waals surface area (Å²) < 4.78 is 15.1. The van der Waals surface area contributed by atoms with Gasteiger partial charge in [-0.3, -0.25) is 4.79 Å². The highest BCUT2D eigenvalue weighted by molar-refractivity contribution is 5.79. The number of hydrogen-bond donors (Lipinski definition) is 1. The molecule has 0 radical (unpaired) electrons. The normalized spacial score (nSPS) is 14.3. The third-order valence-electron chi connectivity index (χ3n) is 6.59. The van der Waals surface area contributed by atoms with Crippen LogP contribution in [-0.2, 0) is 11.3 Å². The Labute approximate surface area is 204 Å². The van der Waals surface area contributed by atoms with Crippen LogP contribution in [0.2, 0.25) is 0 Å². The van der Waals surface area contributed by atoms with Gasteiger partial charge in [0.2, 0.25) is 5.91 Å². The Bertz CT molecular complexity index is 1310. The largest absolute Gasteiger partial charge is 0.378 e. The summed E-state index contributed by atoms with van der Waals surface area (Å²) >= 11 is 0. The lowest BCUT2D eigenvalue weighted by atomic mass is 9.95. The lowest BCUT2D eigenvalue weighted by molar-refractivity contribution is -0.125. The van der Waals surface area contributed by atoms with Crippen LogP contribution in [-0.4, -0.2) is 47.7 Å². The van der Waals surface area contributed by atoms with Crippen LogP contribution >= 0.6 is 0 Å². The van der Waals surface area contributed by atoms with Gasteiger partial charge in [0.05, 0.1) is 5.69 Å². The van der Waals surface area contributed by atoms with E-state index in [2.05, 4.69) is 49.5 Å². The van der Waals surface area contributed by atoms with Crippen molar-refractivity contribution in [2.75, 3.05) is 37.0 Å². The summed E-state index contributed by atoms with van der Waals surface area (Å²) in [5, 5.41) is 7.74. The maximum absolute atomic E-state index is 13.3. The Morgan fingerprint density at radius 2 is 1.80 bits per heavy atom. The zero-order chi connectivity index (χ0) is 24.4. The summed E-state index contributed by atoms with van der Waals surface area (Å²) in [5.74, 6) is 0.685. The van der Waals surface area contributed by atoms with Crippen LogP contribution < -0.4 is 15.1 Å². The van der Waals surface area contributed by atoms with Crippen LogP contribution in [0.15, 0.2) is 67.0 Å². The molecule has 5 rings (SSSR count). The average Bonchev–Trinajstić information content (AvgIpc) is 3.32. The van der Waals surface area contributed by atoms with Crippen molar-refractivity contribution in [2.24, 2.45) is 5.92 Å². The minimum atomic E-state index is -0.269. The van der Waals surface area contributed by atoms with Crippen LogP contribution in [0.3, 0.4) is 0 Å². The Morgan fingerprint density at radius 3 is 2.49 bits per heavy atom. The Morgan fingerprint density at radius 1 is 1.09 bits per heavy atom. The van der Waals surface area contributed by atoms with Crippen molar-refractivity contribution >= 4 is 22.9 Å². The number of fused-ring (bicyclic) bond motifs is 1. The minimum Gasteiger partial charge on any atom is -0.378 e. The van der Waals surface area contributed by atoms with Crippen LogP contribution in [0, 0.1) is 11.7 Å². The molecule has 1 fully saturated rings. The maximum atomic E-state index is 13.3. The third kappa shape index (κ3) is 4.96. The first-order valence-corrected chi connectivity index (χ1v) is 11.9. The number of carbonyl (C=O) groups is 1. The predicted molar refractivity (Wildman–Crippen MR) is 136 cm³/mol. The van der Waals surface area contributed by atoms with Crippen LogP contribution in [0.4, 0.5) is 15.9 Å². The molecule has 0 spiro atoms. The summed E-state index contributed by atoms with van der Waals surface area (Å²) in [7, 11) is 4.02. The number of piperidine rings is 1. The van der Waals surface area contributed by atoms with E-state index in [9.17, 15) is 9.18 Å². The first-order chi connectivity index (χ1) is 17.0. The van der Waals surface area contributed by atoms with Crippen molar-refractivity contribution in [3.05, 3.63) is 78.4 Å². The quantitative estimate of drug-likeness (QED) is 0.457. The van der Waals surface area contributed by atoms with Crippen LogP contribution in [0.25, 0.3) is 16.8 Å². The predicted octanol–water partition coefficient (Wildman–Crippen LogP) is 4.13. The zero-order valence-electron chi connectivity index (χ0n) is 20.0. The molecule has 4 aromatic rings. The van der Waals surface area contributed by atoms with Gasteiger partial charge in [0.1, 0.15) is 11.3 Å². The molecule has 2 aromatic carbocycles. The third-order valence-corrected chi connectivity index (χ3v) is 6.59. The monoisotopic (exact) mass is 472 g/mol. The van der Waals surface area contributed by atoms with Gasteiger partial charge < -0.3 is 15.1 Å². The van der Waals surface area contributed by atoms with Gasteiger partial charge in [-0.2, -0.15) is 5.10 Å². The smallest absolute Gasteiger partial charge is 0.223 e. The lowest BCUT2D eigenvalue weighted by Crippen LogP contribution is -2.40. The molecule has 0 aliphatic carbocycles. The second kappa shape index (κ2) is 9.74. The number of hydrogen-bond acceptors (Lipinski definition) is 5. The van der Waals surface area contributed by atoms with Crippen LogP contribution in [0.5, 0.6) is 0 Å². The molecule has 2 aromatic heterocycles. The summed E-state index contributed by atoms with van der Waals surface area (Å²) in [6, 6.07) is 16.5. The highest BCUT2D eigenvalue weighted by Gasteiger charge is 2.26. The second-order valence-electron chi connectivity index (χ2n) is 9.16. The molecule has 35 heavy (non-hydrogen) atoms. The summed E-state index contributed by atoms with van der Waals surface area (Å²) in [4.78, 5) is 21.7. The van der Waals surface area contributed by atoms with Gasteiger partial charge in [0.15, 0.2) is 5.82 Å². The van der Waals surface area contributed by atoms with E-state index in [4.69, 9.17) is 0 Å². The van der Waals surface area contributed by atoms with Gasteiger partial charge in [-0.25, -0.2) is 13.9 Å². The Balaban J connectivity index is 1.21. The Hall–Kier alpha value is -3.94. The molecule has 1 N–H and O–H groups in total. The van der Waals surface area contributed by atoms with Gasteiger partial charge >= 0.3 is 0 Å². The van der Waals surface area contributed by atoms with Crippen molar-refractivity contribution in [3.8, 4) is 11.3 Å². The van der Waals surface area contributed by atoms with Crippen molar-refractivity contribution < 1.29 is 9.18 Å². The highest BCUT2D eigenvalue weighted by atomic mass is 19.1. The molecular weight excluding hydrogens is 443 g/mol. The average molecular weight is 473 g/mol. The van der Waals surface area contributed by atoms with Gasteiger partial charge in [0, 0.05) is 63.3 Å². The van der Waals surface area contributed by atoms with Gasteiger partial charge in [-0.15, -0.1) is 0 Å². The standard InChI is InChI=1S/C27H29FN6O/c1-32(2)23-9-3-19(4-10-23)18-30-27(35)21-11-14-33(15-12-21)26-25-17-24(31-34(25)16-13-29-26)20-5-7-22(28)8-6-20/h3-10,13,16-17,21H,11-12,14-15,18H2,1-2H3,(H,30,35). The molecule has 1 aliphatic rings. The number of aromatic nitrogens is 3. The number of nitrogens with zero attached hydrogens (tertiary/aromatic N) is 5. The molecule has 1 aliphatic heterocycles. The minimum absolute atomic E-state index is 0.00767. The number of halogens is 1. The Kier molecular flexibility index (Phi) is 6.35. The number of amides is 1. The van der Waals surface area contributed by atoms with E-state index in [0.717, 1.165) is 59.8 Å². The maximum Gasteiger partial charge on any atom is 0.223 e. The SMILES string of the molecule is CN(C)c1ccc(CNC(=O)C2CCN(c3nccn4nc(-c5ccc(F)cc5)cc34)CC2)cc1. The zero-order valence-corrected chi connectivity index (χ0v) is 20.0. The molecule has 0 unspecified atom stereocenters. The summed E-state index contributed by atoms with van der Waals surface area (Å²) in [6.45, 7) is 2.04. The number of anilines is 2. The van der Waals surface area contributed by atoms with E-state index < -0.39 is 0 Å². The van der Waals surface area contributed by atoms with Gasteiger partial charge in [0.25, 0.3) is 0 Å². The molecule has 0 saturated carbocycles. The van der Waals surface area contributed by atoms with E-state index in [1.807, 2.05) is 26.4 Å². The number of benzene rings is 2. The summed E-state index contributed by atoms with van der Waals surface area (Å²) in [6.07, 6.45) is 5.10. The molecule has 0 atom stereocenters. The topological polar surface area (TPSA) is 65.8 Å². The molecule has 7 nitrogen and oxygen atoms in total. The number of rotatable bonds is 6. The lowest BCUT2D eigenvalue weighted by Gasteiger charge is -2.32. The van der Waals surface area contributed by atoms with Gasteiger partial charge in [-0.05, 0) is 60.9 Å². The van der Waals surface area contributed by atoms with Crippen molar-refractivity contribution in [1.82, 2.24) is 19.9 Å². The van der Waals surface area contributed by atoms with Crippen molar-refractivity contribution in [1.29, 1.82) is 0 Å². The molecule has 1 saturated heterocycles. The fraction of sp³-hybridized carbons (Fsp3) is 0.296. The number of nitrogens with one attached hydrogen (secondary N) is 1. The second-order valence-corrected chi connectivity index (χ2v) is 9.16. The van der Waals surface area contributed by atoms with Gasteiger partial charge in [-0.1, -0.05) is 12.1 Å². The summed E-state index contributed by atoms with van der Waals surface area (Å²) in [5.41, 5.74) is 4.75. The van der Waals surface area contributed by atoms with Crippen molar-refractivity contribution in [3.63, 3.8) is 0 Å². The molecule has 180 valence electrons. The first kappa shape index (κ1) is 22.8. The van der Waals surface area contributed by atoms with E-state index in [1.54, 1.807) is 22.8 Å². The fourth-order valence-electron chi connectivity index (χ4n) is 4.51. The molecule has 0 bridgehead atoms. The van der Waals surface area contributed by atoms with E-state index in [1.165, 1.54) is 12.1 Å². The van der Waals surface area contributed by atoms with E-state index in [-0.39, 0.29) is 17.6 Å². The van der Waals surface area contributed by atoms with Crippen molar-refractivity contribution in [2.45, 2.75) is 19.4 Å². The van der Waals surface area contributed by atoms with Crippen LogP contribution in [0.1, 0.15) is 18.4 Å². The first-order valence-electron chi connectivity index (χ1n) is 11.9. The highest BCUT2D eigenvalue weighted by Crippen LogP contribution is 2.28. The molecular formula is C27H29FN6O. The fourth-order valence-corrected chi connectivity index (χ4v) is 4.51.